The predicted molar refractivity (Wildman–Crippen MR) is 582 cm³/mol. The smallest absolute Gasteiger partial charge is 0.410 e. The van der Waals surface area contributed by atoms with E-state index in [4.69, 9.17) is 32.9 Å². The van der Waals surface area contributed by atoms with Crippen molar-refractivity contribution in [2.45, 2.75) is 361 Å². The molecule has 0 N–H and O–H groups in total. The highest BCUT2D eigenvalue weighted by Gasteiger charge is 2.64. The van der Waals surface area contributed by atoms with Gasteiger partial charge in [-0.15, -0.1) is 0 Å². The molecule has 748 valence electrons. The van der Waals surface area contributed by atoms with Gasteiger partial charge >= 0.3 is 6.09 Å². The zero-order chi connectivity index (χ0) is 100. The highest BCUT2D eigenvalue weighted by molar-refractivity contribution is 9.10. The molecule has 9 aromatic carbocycles. The second kappa shape index (κ2) is 37.6. The second-order valence-electron chi connectivity index (χ2n) is 50.1. The van der Waals surface area contributed by atoms with Crippen molar-refractivity contribution in [3.05, 3.63) is 327 Å². The number of fused-ring (bicyclic) bond motifs is 18. The van der Waals surface area contributed by atoms with E-state index in [-0.39, 0.29) is 18.0 Å². The molecule has 143 heavy (non-hydrogen) atoms. The van der Waals surface area contributed by atoms with E-state index in [0.717, 1.165) is 95.0 Å². The van der Waals surface area contributed by atoms with Crippen LogP contribution in [0.1, 0.15) is 343 Å². The van der Waals surface area contributed by atoms with Crippen molar-refractivity contribution >= 4 is 49.1 Å². The summed E-state index contributed by atoms with van der Waals surface area (Å²) in [6.45, 7) is 37.8. The lowest BCUT2D eigenvalue weighted by Crippen LogP contribution is -2.44. The predicted octanol–water partition coefficient (Wildman–Crippen LogP) is 32.0. The highest BCUT2D eigenvalue weighted by Crippen LogP contribution is 2.71. The third-order valence-electron chi connectivity index (χ3n) is 40.3. The molecule has 0 radical (unpaired) electrons. The van der Waals surface area contributed by atoms with Gasteiger partial charge in [-0.3, -0.25) is 4.98 Å². The quantitative estimate of drug-likeness (QED) is 0.161. The van der Waals surface area contributed by atoms with Crippen LogP contribution >= 0.6 is 27.5 Å². The largest absolute Gasteiger partial charge is 0.490 e. The molecular weight excluding hydrogens is 1860 g/mol. The van der Waals surface area contributed by atoms with Gasteiger partial charge in [0.25, 0.3) is 0 Å². The van der Waals surface area contributed by atoms with Crippen LogP contribution in [0.3, 0.4) is 0 Å². The number of pyridine rings is 1. The summed E-state index contributed by atoms with van der Waals surface area (Å²) in [5.74, 6) is 7.67. The Balaban J connectivity index is 0.0000000958. The van der Waals surface area contributed by atoms with Gasteiger partial charge < -0.3 is 14.4 Å². The van der Waals surface area contributed by atoms with Crippen LogP contribution in [-0.2, 0) is 121 Å². The molecule has 1 aromatic heterocycles. The summed E-state index contributed by atoms with van der Waals surface area (Å²) in [7, 11) is -3.06. The fourth-order valence-electron chi connectivity index (χ4n) is 30.5. The number of rotatable bonds is 4. The molecule has 9 spiro atoms. The molecule has 18 aliphatic carbocycles. The average Bonchev–Trinajstić information content (AvgIpc) is 1.52. The molecule has 17 unspecified atom stereocenters. The van der Waals surface area contributed by atoms with Gasteiger partial charge in [-0.25, -0.2) is 22.4 Å². The van der Waals surface area contributed by atoms with Crippen molar-refractivity contribution in [1.82, 2.24) is 9.88 Å². The number of benzene rings is 9. The fraction of sp³-hybridized carbons (Fsp3) is 0.523. The molecule has 19 aliphatic rings. The minimum Gasteiger partial charge on any atom is -0.490 e. The Hall–Kier alpha value is -9.17. The fourth-order valence-corrected chi connectivity index (χ4v) is 31.7. The Morgan fingerprint density at radius 1 is 0.476 bits per heavy atom. The lowest BCUT2D eigenvalue weighted by atomic mass is 9.76. The molecule has 10 fully saturated rings. The number of amides is 1. The molecule has 13 heteroatoms. The van der Waals surface area contributed by atoms with Gasteiger partial charge in [0.2, 0.25) is 0 Å². The summed E-state index contributed by atoms with van der Waals surface area (Å²) in [5.41, 5.74) is 35.7. The number of ether oxygens (including phenoxy) is 2. The summed E-state index contributed by atoms with van der Waals surface area (Å²) in [6, 6.07) is 65.8. The maximum absolute atomic E-state index is 13.1. The van der Waals surface area contributed by atoms with Crippen molar-refractivity contribution in [1.29, 1.82) is 5.26 Å². The van der Waals surface area contributed by atoms with Gasteiger partial charge in [0.15, 0.2) is 15.5 Å². The Morgan fingerprint density at radius 2 is 0.923 bits per heavy atom. The van der Waals surface area contributed by atoms with E-state index in [1.807, 2.05) is 80.5 Å². The van der Waals surface area contributed by atoms with Crippen molar-refractivity contribution in [3.63, 3.8) is 0 Å². The zero-order valence-corrected chi connectivity index (χ0v) is 90.7. The molecule has 1 saturated heterocycles. The van der Waals surface area contributed by atoms with E-state index < -0.39 is 15.4 Å². The third kappa shape index (κ3) is 18.8. The molecule has 9 nitrogen and oxygen atoms in total. The van der Waals surface area contributed by atoms with Gasteiger partial charge in [-0.05, 0) is 477 Å². The second-order valence-corrected chi connectivity index (χ2v) is 53.4. The number of hydrogen-bond acceptors (Lipinski definition) is 7. The SMILES string of the molecule is CC1(C)CC12CCCc1ccccc12.CC1CC12CCCc1ccc(Cl)cc12.CC1CC12CCc1ccc(-c3cccnc3)cc12.CC1CC12CCc1ccc(Br)cc12.CC1CC12CCc1ccc(C#N)cc12.CC1CC12CCc1ccc(F)cc12.CC1CC12CCc1ccc(S(C)(=O)=O)cc12.CC1CC12CCc1cccc(OC3CCN(C(=O)OC(C)(C)C)CC3)c12.[C-]#[N+]c1ccc2c(c1)CCCC21CC1C. The average molecular weight is 2020 g/mol. The van der Waals surface area contributed by atoms with Gasteiger partial charge in [-0.2, -0.15) is 5.26 Å². The van der Waals surface area contributed by atoms with Crippen LogP contribution < -0.4 is 4.74 Å². The number of likely N-dealkylation sites (tertiary alicyclic amines) is 1. The minimum atomic E-state index is -3.06. The molecule has 2 heterocycles. The number of piperidine rings is 1. The first-order valence-electron chi connectivity index (χ1n) is 55.0. The van der Waals surface area contributed by atoms with Crippen LogP contribution in [0.25, 0.3) is 16.0 Å². The van der Waals surface area contributed by atoms with Gasteiger partial charge in [0, 0.05) is 70.5 Å². The molecule has 0 bridgehead atoms. The maximum atomic E-state index is 13.1. The summed E-state index contributed by atoms with van der Waals surface area (Å²) in [5, 5.41) is 9.78. The monoisotopic (exact) mass is 2010 g/mol. The van der Waals surface area contributed by atoms with Crippen molar-refractivity contribution < 1.29 is 27.1 Å². The Morgan fingerprint density at radius 3 is 1.45 bits per heavy atom. The van der Waals surface area contributed by atoms with Gasteiger partial charge in [0.1, 0.15) is 23.3 Å². The minimum absolute atomic E-state index is 0.0703. The van der Waals surface area contributed by atoms with Crippen LogP contribution in [0, 0.1) is 76.5 Å². The van der Waals surface area contributed by atoms with E-state index in [2.05, 4.69) is 222 Å². The van der Waals surface area contributed by atoms with Crippen LogP contribution in [0.5, 0.6) is 5.75 Å². The highest BCUT2D eigenvalue weighted by atomic mass is 79.9. The van der Waals surface area contributed by atoms with Crippen LogP contribution in [-0.4, -0.2) is 55.4 Å². The number of aryl methyl sites for hydroxylation is 9. The number of carbonyl (C=O) groups is 1. The topological polar surface area (TPSA) is 114 Å². The molecule has 17 atom stereocenters. The Kier molecular flexibility index (Phi) is 26.2. The van der Waals surface area contributed by atoms with Crippen molar-refractivity contribution in [3.8, 4) is 22.9 Å². The molecule has 29 rings (SSSR count). The van der Waals surface area contributed by atoms with Crippen LogP contribution in [0.4, 0.5) is 14.9 Å². The number of carbonyl (C=O) groups excluding carboxylic acids is 1. The zero-order valence-electron chi connectivity index (χ0n) is 87.6. The van der Waals surface area contributed by atoms with Crippen molar-refractivity contribution in [2.75, 3.05) is 19.3 Å². The molecular formula is C130H151BrClFN4O5S. The number of aromatic nitrogens is 1. The Bertz CT molecular complexity index is 6750. The maximum Gasteiger partial charge on any atom is 0.410 e. The first-order valence-corrected chi connectivity index (χ1v) is 58.1. The van der Waals surface area contributed by atoms with Crippen molar-refractivity contribution in [2.24, 2.45) is 52.8 Å². The van der Waals surface area contributed by atoms with E-state index in [9.17, 15) is 17.6 Å². The first kappa shape index (κ1) is 99.8. The summed E-state index contributed by atoms with van der Waals surface area (Å²) in [4.78, 5) is 22.3. The van der Waals surface area contributed by atoms with E-state index in [0.29, 0.717) is 72.1 Å². The molecule has 10 aromatic rings. The number of sulfone groups is 1. The van der Waals surface area contributed by atoms with Crippen LogP contribution in [0.15, 0.2) is 204 Å². The van der Waals surface area contributed by atoms with E-state index in [1.165, 1.54) is 252 Å². The van der Waals surface area contributed by atoms with E-state index in [1.54, 1.807) is 68.3 Å². The Labute approximate surface area is 867 Å². The number of halogens is 3. The lowest BCUT2D eigenvalue weighted by molar-refractivity contribution is 0.0125. The first-order chi connectivity index (χ1) is 68.4. The van der Waals surface area contributed by atoms with Gasteiger partial charge in [-0.1, -0.05) is 212 Å². The van der Waals surface area contributed by atoms with Crippen LogP contribution in [0.2, 0.25) is 5.02 Å². The number of hydrogen-bond donors (Lipinski definition) is 0. The molecule has 1 amide bonds. The standard InChI is InChI=1S/C22H31NO3.C17H17N.C14H15N.C14H18.C13H15Cl.C13H13N.C13H16O2S.C12H13Br.C12H13F/c1-15-14-22(15)11-8-16-6-5-7-18(19(16)22)25-17-9-12-23(13-10-17)20(24)26-21(2,3)4;1-12-10-17(12)7-6-13-4-5-14(9-16(13)17)15-3-2-8-18-11-15;1-10-9-14(10)7-3-4-11-8-12(15-2)5-6-13(11)14;1-13(2)10-14(13)9-5-7-11-6-3-4-8-12(11)14;1-9-8-13(9)6-2-3-10-4-5-11(14)7-12(10)13;1-9-7-13(9)5-4-11-3-2-10(8-14)6-12(11)13;1-9-8-13(9)6-5-10-3-4-11(7-12(10)13)16(2,14)15;2*1-8-7-12(8)5-4-9-2-3-10(13)6-11(9)12/h5-7,15,17H,8-14H2,1-4H3;2-5,8-9,11-12H,6-7,10H2,1H3;5-6,8,10H,3-4,7,9H2,1H3;3-4,6,8H,5,7,9-10H2,1-2H3;4-5,7,9H,2-3,6,8H2,1H3;2-3,6,9H,4-5,7H2,1H3;3-4,7,9H,5-6,8H2,1-2H3;2*2-3,6,8H,4-5,7H2,1H3. The summed E-state index contributed by atoms with van der Waals surface area (Å²) < 4.78 is 49.4. The summed E-state index contributed by atoms with van der Waals surface area (Å²) in [6.07, 6.45) is 45.8. The van der Waals surface area contributed by atoms with E-state index >= 15 is 0 Å². The normalized spacial score (nSPS) is 31.8. The summed E-state index contributed by atoms with van der Waals surface area (Å²) >= 11 is 9.64. The number of nitrogens with zero attached hydrogens (tertiary/aromatic N) is 4. The molecule has 1 aliphatic heterocycles. The van der Waals surface area contributed by atoms with Gasteiger partial charge in [0.05, 0.1) is 23.1 Å². The molecule has 9 saturated carbocycles. The third-order valence-corrected chi connectivity index (χ3v) is 42.2. The number of nitriles is 1. The lowest BCUT2D eigenvalue weighted by Gasteiger charge is -2.34.